The standard InChI is InChI=1S/C7H6Cl2N2O/c1-10-7-4(8)2-6(9)11-5(7)3-12/h2-3,10H,1H3. The molecule has 1 N–H and O–H groups in total. The zero-order valence-electron chi connectivity index (χ0n) is 6.27. The van der Waals surface area contributed by atoms with E-state index in [-0.39, 0.29) is 10.8 Å². The summed E-state index contributed by atoms with van der Waals surface area (Å²) in [5, 5.41) is 3.36. The van der Waals surface area contributed by atoms with Crippen LogP contribution in [0.5, 0.6) is 0 Å². The molecule has 0 aliphatic heterocycles. The number of hydrogen-bond donors (Lipinski definition) is 1. The number of pyridine rings is 1. The number of anilines is 1. The van der Waals surface area contributed by atoms with Crippen molar-refractivity contribution in [3.8, 4) is 0 Å². The number of carbonyl (C=O) groups is 1. The van der Waals surface area contributed by atoms with E-state index in [4.69, 9.17) is 23.2 Å². The fourth-order valence-electron chi connectivity index (χ4n) is 0.835. The van der Waals surface area contributed by atoms with Gasteiger partial charge in [0.15, 0.2) is 6.29 Å². The van der Waals surface area contributed by atoms with Crippen molar-refractivity contribution in [2.45, 2.75) is 0 Å². The molecule has 0 saturated heterocycles. The zero-order valence-corrected chi connectivity index (χ0v) is 7.78. The molecule has 0 saturated carbocycles. The first kappa shape index (κ1) is 9.29. The summed E-state index contributed by atoms with van der Waals surface area (Å²) in [6.45, 7) is 0. The van der Waals surface area contributed by atoms with Gasteiger partial charge in [0, 0.05) is 7.05 Å². The fraction of sp³-hybridized carbons (Fsp3) is 0.143. The molecular formula is C7H6Cl2N2O. The largest absolute Gasteiger partial charge is 0.385 e. The molecule has 0 aromatic carbocycles. The molecule has 1 heterocycles. The average molecular weight is 205 g/mol. The van der Waals surface area contributed by atoms with Crippen LogP contribution in [0.15, 0.2) is 6.07 Å². The van der Waals surface area contributed by atoms with E-state index in [9.17, 15) is 4.79 Å². The van der Waals surface area contributed by atoms with Crippen LogP contribution in [0.1, 0.15) is 10.5 Å². The number of halogens is 2. The van der Waals surface area contributed by atoms with Gasteiger partial charge in [-0.1, -0.05) is 23.2 Å². The molecule has 0 bridgehead atoms. The van der Waals surface area contributed by atoms with Crippen LogP contribution in [0.25, 0.3) is 0 Å². The highest BCUT2D eigenvalue weighted by Crippen LogP contribution is 2.25. The summed E-state index contributed by atoms with van der Waals surface area (Å²) in [6.07, 6.45) is 0.601. The van der Waals surface area contributed by atoms with Crippen molar-refractivity contribution in [2.24, 2.45) is 0 Å². The van der Waals surface area contributed by atoms with Crippen LogP contribution in [-0.4, -0.2) is 18.3 Å². The highest BCUT2D eigenvalue weighted by atomic mass is 35.5. The third-order valence-electron chi connectivity index (χ3n) is 1.33. The van der Waals surface area contributed by atoms with Crippen molar-refractivity contribution >= 4 is 35.2 Å². The van der Waals surface area contributed by atoms with Crippen molar-refractivity contribution in [1.29, 1.82) is 0 Å². The third-order valence-corrected chi connectivity index (χ3v) is 1.82. The van der Waals surface area contributed by atoms with Crippen molar-refractivity contribution in [3.05, 3.63) is 21.9 Å². The van der Waals surface area contributed by atoms with E-state index >= 15 is 0 Å². The van der Waals surface area contributed by atoms with Crippen molar-refractivity contribution in [3.63, 3.8) is 0 Å². The van der Waals surface area contributed by atoms with E-state index in [0.29, 0.717) is 17.0 Å². The van der Waals surface area contributed by atoms with Gasteiger partial charge in [-0.15, -0.1) is 0 Å². The van der Waals surface area contributed by atoms with Crippen LogP contribution in [0.2, 0.25) is 10.2 Å². The highest BCUT2D eigenvalue weighted by Gasteiger charge is 2.07. The second-order valence-corrected chi connectivity index (χ2v) is 2.85. The summed E-state index contributed by atoms with van der Waals surface area (Å²) in [6, 6.07) is 1.47. The van der Waals surface area contributed by atoms with E-state index < -0.39 is 0 Å². The van der Waals surface area contributed by atoms with Gasteiger partial charge in [-0.2, -0.15) is 0 Å². The molecule has 12 heavy (non-hydrogen) atoms. The third kappa shape index (κ3) is 1.68. The number of hydrogen-bond acceptors (Lipinski definition) is 3. The monoisotopic (exact) mass is 204 g/mol. The Labute approximate surface area is 79.7 Å². The minimum absolute atomic E-state index is 0.209. The summed E-state index contributed by atoms with van der Waals surface area (Å²) < 4.78 is 0. The maximum absolute atomic E-state index is 10.5. The van der Waals surface area contributed by atoms with Gasteiger partial charge in [0.1, 0.15) is 10.8 Å². The Morgan fingerprint density at radius 2 is 2.25 bits per heavy atom. The lowest BCUT2D eigenvalue weighted by atomic mass is 10.3. The van der Waals surface area contributed by atoms with Gasteiger partial charge in [0.05, 0.1) is 10.7 Å². The SMILES string of the molecule is CNc1c(Cl)cc(Cl)nc1C=O. The number of aldehydes is 1. The van der Waals surface area contributed by atoms with Gasteiger partial charge in [0.2, 0.25) is 0 Å². The van der Waals surface area contributed by atoms with Gasteiger partial charge in [-0.3, -0.25) is 4.79 Å². The molecule has 0 aliphatic rings. The van der Waals surface area contributed by atoms with Crippen LogP contribution in [-0.2, 0) is 0 Å². The lowest BCUT2D eigenvalue weighted by Crippen LogP contribution is -1.98. The van der Waals surface area contributed by atoms with Crippen LogP contribution >= 0.6 is 23.2 Å². The van der Waals surface area contributed by atoms with Gasteiger partial charge in [0.25, 0.3) is 0 Å². The number of rotatable bonds is 2. The Morgan fingerprint density at radius 1 is 1.58 bits per heavy atom. The van der Waals surface area contributed by atoms with E-state index in [1.165, 1.54) is 6.07 Å². The van der Waals surface area contributed by atoms with Gasteiger partial charge in [-0.25, -0.2) is 4.98 Å². The van der Waals surface area contributed by atoms with E-state index in [1.807, 2.05) is 0 Å². The molecule has 0 aliphatic carbocycles. The van der Waals surface area contributed by atoms with Crippen molar-refractivity contribution in [2.75, 3.05) is 12.4 Å². The Hall–Kier alpha value is -0.800. The Balaban J connectivity index is 3.33. The maximum Gasteiger partial charge on any atom is 0.170 e. The summed E-state index contributed by atoms with van der Waals surface area (Å²) in [5.74, 6) is 0. The normalized spacial score (nSPS) is 9.58. The summed E-state index contributed by atoms with van der Waals surface area (Å²) in [7, 11) is 1.66. The highest BCUT2D eigenvalue weighted by molar-refractivity contribution is 6.36. The zero-order chi connectivity index (χ0) is 9.14. The van der Waals surface area contributed by atoms with Crippen LogP contribution < -0.4 is 5.32 Å². The molecule has 0 unspecified atom stereocenters. The number of nitrogens with one attached hydrogen (secondary N) is 1. The van der Waals surface area contributed by atoms with Crippen LogP contribution in [0, 0.1) is 0 Å². The van der Waals surface area contributed by atoms with Gasteiger partial charge >= 0.3 is 0 Å². The number of aromatic nitrogens is 1. The number of nitrogens with zero attached hydrogens (tertiary/aromatic N) is 1. The molecular weight excluding hydrogens is 199 g/mol. The molecule has 0 amide bonds. The summed E-state index contributed by atoms with van der Waals surface area (Å²) >= 11 is 11.3. The minimum atomic E-state index is 0.209. The van der Waals surface area contributed by atoms with Gasteiger partial charge in [-0.05, 0) is 6.07 Å². The molecule has 0 radical (unpaired) electrons. The summed E-state index contributed by atoms with van der Waals surface area (Å²) in [4.78, 5) is 14.2. The first-order valence-electron chi connectivity index (χ1n) is 3.18. The molecule has 5 heteroatoms. The average Bonchev–Trinajstić information content (AvgIpc) is 2.03. The van der Waals surface area contributed by atoms with Gasteiger partial charge < -0.3 is 5.32 Å². The second kappa shape index (κ2) is 3.74. The molecule has 0 spiro atoms. The number of carbonyl (C=O) groups excluding carboxylic acids is 1. The Bertz CT molecular complexity index is 315. The molecule has 1 aromatic rings. The van der Waals surface area contributed by atoms with Crippen molar-refractivity contribution in [1.82, 2.24) is 4.98 Å². The quantitative estimate of drug-likeness (QED) is 0.594. The Kier molecular flexibility index (Phi) is 2.89. The molecule has 0 fully saturated rings. The molecule has 1 aromatic heterocycles. The van der Waals surface area contributed by atoms with Crippen LogP contribution in [0.4, 0.5) is 5.69 Å². The lowest BCUT2D eigenvalue weighted by Gasteiger charge is -2.05. The Morgan fingerprint density at radius 3 is 2.75 bits per heavy atom. The molecule has 0 atom stereocenters. The lowest BCUT2D eigenvalue weighted by molar-refractivity contribution is 0.112. The van der Waals surface area contributed by atoms with Crippen LogP contribution in [0.3, 0.4) is 0 Å². The molecule has 1 rings (SSSR count). The second-order valence-electron chi connectivity index (χ2n) is 2.05. The van der Waals surface area contributed by atoms with E-state index in [2.05, 4.69) is 10.3 Å². The van der Waals surface area contributed by atoms with E-state index in [0.717, 1.165) is 0 Å². The van der Waals surface area contributed by atoms with Crippen molar-refractivity contribution < 1.29 is 4.79 Å². The topological polar surface area (TPSA) is 42.0 Å². The molecule has 3 nitrogen and oxygen atoms in total. The first-order chi connectivity index (χ1) is 5.69. The first-order valence-corrected chi connectivity index (χ1v) is 3.93. The molecule has 64 valence electrons. The van der Waals surface area contributed by atoms with E-state index in [1.54, 1.807) is 7.05 Å². The predicted octanol–water partition coefficient (Wildman–Crippen LogP) is 2.24. The smallest absolute Gasteiger partial charge is 0.170 e. The minimum Gasteiger partial charge on any atom is -0.385 e. The maximum atomic E-state index is 10.5. The summed E-state index contributed by atoms with van der Waals surface area (Å²) in [5.41, 5.74) is 0.714. The predicted molar refractivity (Wildman–Crippen MR) is 49.2 cm³/mol. The fourth-order valence-corrected chi connectivity index (χ4v) is 1.39.